The van der Waals surface area contributed by atoms with Crippen LogP contribution in [0.3, 0.4) is 0 Å². The van der Waals surface area contributed by atoms with Crippen molar-refractivity contribution in [1.82, 2.24) is 14.5 Å². The Balaban J connectivity index is 1.69. The molecule has 0 aromatic heterocycles. The fourth-order valence-electron chi connectivity index (χ4n) is 2.50. The average molecular weight is 261 g/mol. The van der Waals surface area contributed by atoms with E-state index in [1.165, 1.54) is 0 Å². The minimum Gasteiger partial charge on any atom is -0.314 e. The molecule has 0 atom stereocenters. The van der Waals surface area contributed by atoms with Crippen molar-refractivity contribution in [1.29, 1.82) is 0 Å². The molecule has 0 aliphatic carbocycles. The summed E-state index contributed by atoms with van der Waals surface area (Å²) in [6.45, 7) is 6.52. The van der Waals surface area contributed by atoms with Crippen LogP contribution in [0.15, 0.2) is 0 Å². The number of hydrogen-bond donors (Lipinski definition) is 1. The van der Waals surface area contributed by atoms with Gasteiger partial charge >= 0.3 is 0 Å². The van der Waals surface area contributed by atoms with E-state index in [9.17, 15) is 8.42 Å². The van der Waals surface area contributed by atoms with E-state index in [1.54, 1.807) is 4.31 Å². The minimum absolute atomic E-state index is 0.316. The van der Waals surface area contributed by atoms with E-state index in [1.807, 2.05) is 0 Å². The maximum atomic E-state index is 12.0. The molecule has 0 radical (unpaired) electrons. The van der Waals surface area contributed by atoms with Crippen LogP contribution in [0.1, 0.15) is 19.3 Å². The molecule has 5 nitrogen and oxygen atoms in total. The third-order valence-corrected chi connectivity index (χ3v) is 5.50. The molecular formula is C11H23N3O2S. The van der Waals surface area contributed by atoms with Gasteiger partial charge < -0.3 is 10.2 Å². The van der Waals surface area contributed by atoms with E-state index < -0.39 is 10.0 Å². The molecule has 6 heteroatoms. The van der Waals surface area contributed by atoms with Gasteiger partial charge in [-0.1, -0.05) is 0 Å². The van der Waals surface area contributed by atoms with Crippen molar-refractivity contribution in [2.24, 2.45) is 0 Å². The van der Waals surface area contributed by atoms with E-state index in [0.29, 0.717) is 5.75 Å². The first-order chi connectivity index (χ1) is 8.18. The second-order valence-corrected chi connectivity index (χ2v) is 6.96. The molecule has 2 heterocycles. The van der Waals surface area contributed by atoms with Crippen LogP contribution in [0.25, 0.3) is 0 Å². The van der Waals surface area contributed by atoms with Crippen LogP contribution < -0.4 is 5.32 Å². The summed E-state index contributed by atoms with van der Waals surface area (Å²) in [6.07, 6.45) is 2.81. The van der Waals surface area contributed by atoms with Crippen LogP contribution in [0, 0.1) is 0 Å². The van der Waals surface area contributed by atoms with Gasteiger partial charge in [-0.25, -0.2) is 12.7 Å². The largest absolute Gasteiger partial charge is 0.314 e. The normalized spacial score (nSPS) is 24.2. The topological polar surface area (TPSA) is 52.7 Å². The van der Waals surface area contributed by atoms with Crippen LogP contribution in [0.2, 0.25) is 0 Å². The minimum atomic E-state index is -2.97. The highest BCUT2D eigenvalue weighted by Crippen LogP contribution is 2.13. The predicted octanol–water partition coefficient (Wildman–Crippen LogP) is -0.293. The van der Waals surface area contributed by atoms with Crippen molar-refractivity contribution in [3.63, 3.8) is 0 Å². The van der Waals surface area contributed by atoms with E-state index in [2.05, 4.69) is 10.2 Å². The molecule has 2 saturated heterocycles. The highest BCUT2D eigenvalue weighted by molar-refractivity contribution is 7.89. The SMILES string of the molecule is O=S(=O)(CCCN1CCNCC1)N1CCCC1. The van der Waals surface area contributed by atoms with Gasteiger partial charge in [0, 0.05) is 39.3 Å². The first-order valence-corrected chi connectivity index (χ1v) is 8.20. The Kier molecular flexibility index (Phi) is 4.78. The molecule has 100 valence electrons. The number of hydrogen-bond acceptors (Lipinski definition) is 4. The van der Waals surface area contributed by atoms with Crippen LogP contribution in [0.5, 0.6) is 0 Å². The zero-order valence-electron chi connectivity index (χ0n) is 10.4. The zero-order valence-corrected chi connectivity index (χ0v) is 11.2. The van der Waals surface area contributed by atoms with Gasteiger partial charge in [0.1, 0.15) is 0 Å². The van der Waals surface area contributed by atoms with Crippen LogP contribution in [0.4, 0.5) is 0 Å². The molecule has 0 aromatic rings. The van der Waals surface area contributed by atoms with Gasteiger partial charge in [-0.05, 0) is 25.8 Å². The third kappa shape index (κ3) is 3.91. The lowest BCUT2D eigenvalue weighted by Gasteiger charge is -2.27. The van der Waals surface area contributed by atoms with E-state index in [-0.39, 0.29) is 0 Å². The highest BCUT2D eigenvalue weighted by atomic mass is 32.2. The molecule has 2 rings (SSSR count). The molecule has 0 saturated carbocycles. The van der Waals surface area contributed by atoms with Gasteiger partial charge in [-0.15, -0.1) is 0 Å². The molecule has 0 bridgehead atoms. The summed E-state index contributed by atoms with van der Waals surface area (Å²) in [7, 11) is -2.97. The van der Waals surface area contributed by atoms with Gasteiger partial charge in [-0.2, -0.15) is 0 Å². The Morgan fingerprint density at radius 1 is 1.00 bits per heavy atom. The van der Waals surface area contributed by atoms with Crippen molar-refractivity contribution in [2.45, 2.75) is 19.3 Å². The molecular weight excluding hydrogens is 238 g/mol. The van der Waals surface area contributed by atoms with Crippen molar-refractivity contribution in [3.05, 3.63) is 0 Å². The van der Waals surface area contributed by atoms with Gasteiger partial charge in [-0.3, -0.25) is 0 Å². The number of nitrogens with one attached hydrogen (secondary N) is 1. The summed E-state index contributed by atoms with van der Waals surface area (Å²) in [4.78, 5) is 2.34. The Bertz CT molecular complexity index is 320. The number of sulfonamides is 1. The molecule has 17 heavy (non-hydrogen) atoms. The Labute approximate surface area is 104 Å². The second kappa shape index (κ2) is 6.13. The molecule has 2 aliphatic heterocycles. The standard InChI is InChI=1S/C11H23N3O2S/c15-17(16,14-7-1-2-8-14)11-3-6-13-9-4-12-5-10-13/h12H,1-11H2. The van der Waals surface area contributed by atoms with Gasteiger partial charge in [0.2, 0.25) is 10.0 Å². The van der Waals surface area contributed by atoms with Gasteiger partial charge in [0.15, 0.2) is 0 Å². The summed E-state index contributed by atoms with van der Waals surface area (Å²) >= 11 is 0. The number of nitrogens with zero attached hydrogens (tertiary/aromatic N) is 2. The fraction of sp³-hybridized carbons (Fsp3) is 1.00. The summed E-state index contributed by atoms with van der Waals surface area (Å²) < 4.78 is 25.6. The first kappa shape index (κ1) is 13.3. The quantitative estimate of drug-likeness (QED) is 0.739. The van der Waals surface area contributed by atoms with Crippen LogP contribution in [-0.2, 0) is 10.0 Å². The monoisotopic (exact) mass is 261 g/mol. The molecule has 0 unspecified atom stereocenters. The molecule has 2 aliphatic rings. The summed E-state index contributed by atoms with van der Waals surface area (Å²) in [6, 6.07) is 0. The Morgan fingerprint density at radius 2 is 1.65 bits per heavy atom. The summed E-state index contributed by atoms with van der Waals surface area (Å²) in [5, 5.41) is 3.30. The Morgan fingerprint density at radius 3 is 2.29 bits per heavy atom. The van der Waals surface area contributed by atoms with E-state index in [4.69, 9.17) is 0 Å². The average Bonchev–Trinajstić information content (AvgIpc) is 2.84. The number of piperazine rings is 1. The maximum Gasteiger partial charge on any atom is 0.214 e. The van der Waals surface area contributed by atoms with Gasteiger partial charge in [0.05, 0.1) is 5.75 Å². The third-order valence-electron chi connectivity index (χ3n) is 3.54. The van der Waals surface area contributed by atoms with Crippen molar-refractivity contribution < 1.29 is 8.42 Å². The number of rotatable bonds is 5. The molecule has 0 spiro atoms. The lowest BCUT2D eigenvalue weighted by molar-refractivity contribution is 0.241. The van der Waals surface area contributed by atoms with Crippen molar-refractivity contribution in [3.8, 4) is 0 Å². The fourth-order valence-corrected chi connectivity index (χ4v) is 4.07. The van der Waals surface area contributed by atoms with Crippen LogP contribution in [-0.4, -0.2) is 69.2 Å². The summed E-state index contributed by atoms with van der Waals surface area (Å²) in [5.74, 6) is 0.316. The highest BCUT2D eigenvalue weighted by Gasteiger charge is 2.24. The van der Waals surface area contributed by atoms with Crippen LogP contribution >= 0.6 is 0 Å². The molecule has 0 amide bonds. The maximum absolute atomic E-state index is 12.0. The van der Waals surface area contributed by atoms with Gasteiger partial charge in [0.25, 0.3) is 0 Å². The second-order valence-electron chi connectivity index (χ2n) is 4.87. The van der Waals surface area contributed by atoms with E-state index >= 15 is 0 Å². The predicted molar refractivity (Wildman–Crippen MR) is 68.5 cm³/mol. The lowest BCUT2D eigenvalue weighted by atomic mass is 10.3. The van der Waals surface area contributed by atoms with Crippen molar-refractivity contribution in [2.75, 3.05) is 51.6 Å². The Hall–Kier alpha value is -0.170. The lowest BCUT2D eigenvalue weighted by Crippen LogP contribution is -2.44. The van der Waals surface area contributed by atoms with E-state index in [0.717, 1.165) is 65.1 Å². The first-order valence-electron chi connectivity index (χ1n) is 6.59. The van der Waals surface area contributed by atoms with Crippen molar-refractivity contribution >= 4 is 10.0 Å². The molecule has 1 N–H and O–H groups in total. The summed E-state index contributed by atoms with van der Waals surface area (Å²) in [5.41, 5.74) is 0. The smallest absolute Gasteiger partial charge is 0.214 e. The molecule has 2 fully saturated rings. The zero-order chi connectivity index (χ0) is 12.1. The molecule has 0 aromatic carbocycles.